The number of rotatable bonds is 0. The third-order valence-electron chi connectivity index (χ3n) is 0.929. The van der Waals surface area contributed by atoms with Gasteiger partial charge in [0.15, 0.2) is 0 Å². The Morgan fingerprint density at radius 1 is 2.00 bits per heavy atom. The van der Waals surface area contributed by atoms with Crippen LogP contribution in [-0.2, 0) is 7.02 Å². The summed E-state index contributed by atoms with van der Waals surface area (Å²) in [5.41, 5.74) is 1.04. The number of hydrogen-bond donors (Lipinski definition) is 0. The molecule has 0 bridgehead atoms. The van der Waals surface area contributed by atoms with E-state index < -0.39 is 0 Å². The normalized spacial score (nSPS) is 11.3. The fraction of sp³-hybridized carbons (Fsp3) is 0.400. The molecule has 1 aromatic rings. The van der Waals surface area contributed by atoms with E-state index in [0.717, 1.165) is 5.69 Å². The van der Waals surface area contributed by atoms with Crippen LogP contribution in [0.2, 0.25) is 0 Å². The molecular formula is C5H8N2. The monoisotopic (exact) mass is 97.1 g/mol. The molecule has 0 fully saturated rings. The zero-order valence-electron chi connectivity index (χ0n) is 5.26. The van der Waals surface area contributed by atoms with Crippen molar-refractivity contribution in [3.63, 3.8) is 0 Å². The van der Waals surface area contributed by atoms with Crippen LogP contribution < -0.4 is 0 Å². The Morgan fingerprint density at radius 3 is 3.14 bits per heavy atom. The molecule has 38 valence electrons. The smallest absolute Gasteiger partial charge is 0.0492 e. The maximum Gasteiger partial charge on any atom is 0.0492 e. The van der Waals surface area contributed by atoms with Gasteiger partial charge in [0.05, 0.1) is 0 Å². The Morgan fingerprint density at radius 2 is 2.86 bits per heavy atom. The Hall–Kier alpha value is -0.790. The van der Waals surface area contributed by atoms with Crippen LogP contribution in [0.3, 0.4) is 0 Å². The van der Waals surface area contributed by atoms with Crippen LogP contribution in [0.5, 0.6) is 0 Å². The minimum atomic E-state index is 0.221. The van der Waals surface area contributed by atoms with Crippen molar-refractivity contribution in [1.29, 1.82) is 0 Å². The first-order valence-electron chi connectivity index (χ1n) is 2.83. The quantitative estimate of drug-likeness (QED) is 0.466. The average molecular weight is 97.1 g/mol. The van der Waals surface area contributed by atoms with Crippen molar-refractivity contribution in [2.24, 2.45) is 7.02 Å². The van der Waals surface area contributed by atoms with Crippen molar-refractivity contribution in [2.75, 3.05) is 0 Å². The van der Waals surface area contributed by atoms with E-state index in [-0.39, 0.29) is 7.02 Å². The van der Waals surface area contributed by atoms with E-state index in [4.69, 9.17) is 1.37 Å². The molecule has 0 amide bonds. The van der Waals surface area contributed by atoms with E-state index in [2.05, 4.69) is 5.10 Å². The molecule has 1 aromatic heterocycles. The van der Waals surface area contributed by atoms with Crippen molar-refractivity contribution < 1.29 is 1.37 Å². The van der Waals surface area contributed by atoms with E-state index in [1.54, 1.807) is 10.9 Å². The maximum atomic E-state index is 6.90. The molecule has 0 radical (unpaired) electrons. The van der Waals surface area contributed by atoms with Gasteiger partial charge >= 0.3 is 0 Å². The van der Waals surface area contributed by atoms with E-state index in [1.165, 1.54) is 0 Å². The molecule has 2 heteroatoms. The Balaban J connectivity index is 2.92. The topological polar surface area (TPSA) is 17.8 Å². The van der Waals surface area contributed by atoms with Crippen molar-refractivity contribution in [3.8, 4) is 0 Å². The SMILES string of the molecule is [2H]Cn1nccc1C. The highest BCUT2D eigenvalue weighted by atomic mass is 15.2. The second-order valence-corrected chi connectivity index (χ2v) is 1.47. The Labute approximate surface area is 44.2 Å². The third-order valence-corrected chi connectivity index (χ3v) is 0.929. The highest BCUT2D eigenvalue weighted by Crippen LogP contribution is 1.88. The number of aryl methyl sites for hydroxylation is 2. The molecule has 0 unspecified atom stereocenters. The van der Waals surface area contributed by atoms with E-state index in [1.807, 2.05) is 13.0 Å². The molecule has 0 aliphatic heterocycles. The van der Waals surface area contributed by atoms with E-state index in [9.17, 15) is 0 Å². The molecule has 0 spiro atoms. The van der Waals surface area contributed by atoms with Gasteiger partial charge in [0, 0.05) is 20.3 Å². The summed E-state index contributed by atoms with van der Waals surface area (Å²) in [6.07, 6.45) is 1.70. The molecule has 0 aliphatic rings. The molecule has 0 aliphatic carbocycles. The van der Waals surface area contributed by atoms with E-state index >= 15 is 0 Å². The molecule has 0 saturated heterocycles. The molecule has 1 rings (SSSR count). The Kier molecular flexibility index (Phi) is 0.635. The third kappa shape index (κ3) is 0.633. The largest absolute Gasteiger partial charge is 0.273 e. The van der Waals surface area contributed by atoms with E-state index in [0.29, 0.717) is 0 Å². The van der Waals surface area contributed by atoms with Gasteiger partial charge in [0.1, 0.15) is 0 Å². The average Bonchev–Trinajstić information content (AvgIpc) is 2.14. The summed E-state index contributed by atoms with van der Waals surface area (Å²) in [5, 5.41) is 3.86. The lowest BCUT2D eigenvalue weighted by Crippen LogP contribution is -1.90. The lowest BCUT2D eigenvalue weighted by molar-refractivity contribution is 0.740. The number of aromatic nitrogens is 2. The summed E-state index contributed by atoms with van der Waals surface area (Å²) < 4.78 is 8.53. The zero-order chi connectivity index (χ0) is 5.98. The van der Waals surface area contributed by atoms with Crippen LogP contribution in [0.15, 0.2) is 12.3 Å². The van der Waals surface area contributed by atoms with Gasteiger partial charge in [-0.2, -0.15) is 5.10 Å². The summed E-state index contributed by atoms with van der Waals surface area (Å²) in [7, 11) is 0.221. The molecule has 0 aromatic carbocycles. The molecular weight excluding hydrogens is 88.1 g/mol. The van der Waals surface area contributed by atoms with Gasteiger partial charge in [-0.3, -0.25) is 4.68 Å². The Bertz CT molecular complexity index is 171. The fourth-order valence-electron chi connectivity index (χ4n) is 0.399. The van der Waals surface area contributed by atoms with Crippen molar-refractivity contribution in [1.82, 2.24) is 9.78 Å². The summed E-state index contributed by atoms with van der Waals surface area (Å²) in [6.45, 7) is 1.93. The summed E-state index contributed by atoms with van der Waals surface area (Å²) in [6, 6.07) is 1.88. The molecule has 0 atom stereocenters. The number of hydrogen-bond acceptors (Lipinski definition) is 1. The van der Waals surface area contributed by atoms with Crippen molar-refractivity contribution >= 4 is 0 Å². The van der Waals surface area contributed by atoms with Crippen molar-refractivity contribution in [3.05, 3.63) is 18.0 Å². The van der Waals surface area contributed by atoms with Gasteiger partial charge in [-0.15, -0.1) is 0 Å². The molecule has 0 N–H and O–H groups in total. The standard InChI is InChI=1S/C5H8N2/c1-5-3-4-6-7(5)2/h3-4H,1-2H3/i2D. The van der Waals surface area contributed by atoms with Crippen LogP contribution in [0.4, 0.5) is 0 Å². The highest BCUT2D eigenvalue weighted by molar-refractivity contribution is 4.94. The first kappa shape index (κ1) is 3.24. The van der Waals surface area contributed by atoms with Crippen LogP contribution in [-0.4, -0.2) is 9.78 Å². The van der Waals surface area contributed by atoms with Gasteiger partial charge in [-0.1, -0.05) is 0 Å². The lowest BCUT2D eigenvalue weighted by Gasteiger charge is -1.87. The summed E-state index contributed by atoms with van der Waals surface area (Å²) in [4.78, 5) is 0. The first-order chi connectivity index (χ1) is 3.84. The second-order valence-electron chi connectivity index (χ2n) is 1.47. The minimum Gasteiger partial charge on any atom is -0.273 e. The first-order valence-corrected chi connectivity index (χ1v) is 2.12. The van der Waals surface area contributed by atoms with Gasteiger partial charge in [0.2, 0.25) is 0 Å². The summed E-state index contributed by atoms with van der Waals surface area (Å²) >= 11 is 0. The highest BCUT2D eigenvalue weighted by Gasteiger charge is 1.83. The molecule has 7 heavy (non-hydrogen) atoms. The van der Waals surface area contributed by atoms with Crippen LogP contribution in [0.1, 0.15) is 7.06 Å². The van der Waals surface area contributed by atoms with Crippen molar-refractivity contribution in [2.45, 2.75) is 6.92 Å². The fourth-order valence-corrected chi connectivity index (χ4v) is 0.399. The van der Waals surface area contributed by atoms with Gasteiger partial charge in [-0.25, -0.2) is 0 Å². The predicted molar refractivity (Wildman–Crippen MR) is 27.9 cm³/mol. The maximum absolute atomic E-state index is 6.90. The second kappa shape index (κ2) is 1.37. The molecule has 2 nitrogen and oxygen atoms in total. The van der Waals surface area contributed by atoms with Crippen LogP contribution in [0.25, 0.3) is 0 Å². The van der Waals surface area contributed by atoms with Gasteiger partial charge in [0.25, 0.3) is 0 Å². The predicted octanol–water partition coefficient (Wildman–Crippen LogP) is 0.729. The lowest BCUT2D eigenvalue weighted by atomic mass is 10.5. The summed E-state index contributed by atoms with van der Waals surface area (Å²) in [5.74, 6) is 0. The number of nitrogens with zero attached hydrogens (tertiary/aromatic N) is 2. The molecule has 0 saturated carbocycles. The van der Waals surface area contributed by atoms with Crippen LogP contribution in [0, 0.1) is 6.92 Å². The van der Waals surface area contributed by atoms with Gasteiger partial charge < -0.3 is 0 Å². The zero-order valence-corrected chi connectivity index (χ0v) is 4.26. The van der Waals surface area contributed by atoms with Crippen LogP contribution >= 0.6 is 0 Å². The van der Waals surface area contributed by atoms with Gasteiger partial charge in [-0.05, 0) is 13.0 Å². The minimum absolute atomic E-state index is 0.221. The molecule has 1 heterocycles.